The molecule has 1 aliphatic heterocycles. The quantitative estimate of drug-likeness (QED) is 0.462. The molecule has 1 unspecified atom stereocenters. The monoisotopic (exact) mass is 434 g/mol. The fourth-order valence-electron chi connectivity index (χ4n) is 3.95. The number of hydrogen-bond donors (Lipinski definition) is 1. The largest absolute Gasteiger partial charge is 0.497 e. The lowest BCUT2D eigenvalue weighted by Gasteiger charge is -2.31. The number of carbonyl (C=O) groups excluding carboxylic acids is 1. The molecule has 0 bridgehead atoms. The van der Waals surface area contributed by atoms with E-state index in [1.165, 1.54) is 18.0 Å². The van der Waals surface area contributed by atoms with Crippen molar-refractivity contribution in [3.8, 4) is 17.6 Å². The van der Waals surface area contributed by atoms with Crippen molar-refractivity contribution in [2.45, 2.75) is 38.9 Å². The van der Waals surface area contributed by atoms with Crippen LogP contribution in [0, 0.1) is 11.8 Å². The van der Waals surface area contributed by atoms with Crippen molar-refractivity contribution in [2.75, 3.05) is 25.1 Å². The molecule has 1 aliphatic rings. The number of carbonyl (C=O) groups is 1. The second kappa shape index (κ2) is 9.24. The van der Waals surface area contributed by atoms with Crippen LogP contribution in [-0.4, -0.2) is 51.4 Å². The van der Waals surface area contributed by atoms with Gasteiger partial charge in [-0.1, -0.05) is 18.1 Å². The van der Waals surface area contributed by atoms with Crippen molar-refractivity contribution >= 4 is 22.8 Å². The first kappa shape index (κ1) is 21.6. The summed E-state index contributed by atoms with van der Waals surface area (Å²) in [5, 5.41) is 4.21. The molecule has 2 N–H and O–H groups in total. The minimum Gasteiger partial charge on any atom is -0.497 e. The number of benzene rings is 1. The van der Waals surface area contributed by atoms with Crippen LogP contribution < -0.4 is 20.9 Å². The van der Waals surface area contributed by atoms with Gasteiger partial charge in [-0.05, 0) is 31.9 Å². The van der Waals surface area contributed by atoms with E-state index >= 15 is 0 Å². The minimum atomic E-state index is -0.378. The fraction of sp³-hybridized carbons (Fsp3) is 0.391. The number of nitrogens with two attached hydrogens (primary N) is 1. The third-order valence-corrected chi connectivity index (χ3v) is 5.57. The Bertz CT molecular complexity index is 1270. The molecule has 0 radical (unpaired) electrons. The lowest BCUT2D eigenvalue weighted by atomic mass is 10.1. The summed E-state index contributed by atoms with van der Waals surface area (Å²) in [6, 6.07) is 6.89. The van der Waals surface area contributed by atoms with E-state index in [-0.39, 0.29) is 23.9 Å². The molecular formula is C23H26N6O3. The van der Waals surface area contributed by atoms with Crippen LogP contribution in [0.15, 0.2) is 35.3 Å². The summed E-state index contributed by atoms with van der Waals surface area (Å²) < 4.78 is 8.16. The van der Waals surface area contributed by atoms with E-state index in [9.17, 15) is 9.59 Å². The summed E-state index contributed by atoms with van der Waals surface area (Å²) in [5.41, 5.74) is 7.10. The van der Waals surface area contributed by atoms with Gasteiger partial charge in [-0.25, -0.2) is 9.67 Å². The highest BCUT2D eigenvalue weighted by Crippen LogP contribution is 2.23. The zero-order valence-electron chi connectivity index (χ0n) is 18.2. The van der Waals surface area contributed by atoms with Crippen LogP contribution in [0.1, 0.15) is 30.1 Å². The van der Waals surface area contributed by atoms with Crippen LogP contribution in [0.2, 0.25) is 0 Å². The highest BCUT2D eigenvalue weighted by atomic mass is 16.5. The lowest BCUT2D eigenvalue weighted by molar-refractivity contribution is 0.0965. The Labute approximate surface area is 185 Å². The van der Waals surface area contributed by atoms with Crippen LogP contribution >= 0.6 is 0 Å². The van der Waals surface area contributed by atoms with E-state index < -0.39 is 0 Å². The molecule has 2 aromatic heterocycles. The summed E-state index contributed by atoms with van der Waals surface area (Å²) in [6.07, 6.45) is 3.45. The maximum Gasteiger partial charge on any atom is 0.293 e. The molecule has 4 rings (SSSR count). The number of aromatic nitrogens is 4. The maximum absolute atomic E-state index is 13.3. The molecule has 9 heteroatoms. The molecule has 1 fully saturated rings. The molecule has 1 atom stereocenters. The van der Waals surface area contributed by atoms with E-state index in [1.807, 2.05) is 0 Å². The number of anilines is 1. The van der Waals surface area contributed by atoms with Gasteiger partial charge in [-0.3, -0.25) is 14.2 Å². The number of fused-ring (bicyclic) bond motifs is 1. The van der Waals surface area contributed by atoms with Crippen LogP contribution in [0.25, 0.3) is 11.0 Å². The van der Waals surface area contributed by atoms with Crippen LogP contribution in [0.4, 0.5) is 5.95 Å². The van der Waals surface area contributed by atoms with Crippen molar-refractivity contribution in [1.29, 1.82) is 0 Å². The lowest BCUT2D eigenvalue weighted by Crippen LogP contribution is -2.44. The zero-order chi connectivity index (χ0) is 22.7. The summed E-state index contributed by atoms with van der Waals surface area (Å²) >= 11 is 0. The molecule has 32 heavy (non-hydrogen) atoms. The predicted molar refractivity (Wildman–Crippen MR) is 122 cm³/mol. The van der Waals surface area contributed by atoms with Gasteiger partial charge in [0, 0.05) is 24.7 Å². The standard InChI is InChI=1S/C23H26N6O3/c1-3-4-11-28-21-19(26-23(28)27-10-6-8-17(24)14-27)13-25-29(22(21)31)15-20(30)16-7-5-9-18(12-16)32-2/h5,7,9,12-13,17H,6,8,10-11,14-15,24H2,1-2H3. The van der Waals surface area contributed by atoms with Crippen LogP contribution in [0.3, 0.4) is 0 Å². The SMILES string of the molecule is CC#CCn1c(N2CCCC(N)C2)nc2cnn(CC(=O)c3cccc(OC)c3)c(=O)c21. The molecule has 166 valence electrons. The van der Waals surface area contributed by atoms with Gasteiger partial charge in [-0.2, -0.15) is 5.10 Å². The second-order valence-corrected chi connectivity index (χ2v) is 7.77. The van der Waals surface area contributed by atoms with Gasteiger partial charge in [0.2, 0.25) is 5.95 Å². The van der Waals surface area contributed by atoms with Crippen molar-refractivity contribution < 1.29 is 9.53 Å². The molecule has 9 nitrogen and oxygen atoms in total. The molecule has 3 aromatic rings. The average molecular weight is 435 g/mol. The Morgan fingerprint density at radius 3 is 2.97 bits per heavy atom. The van der Waals surface area contributed by atoms with Gasteiger partial charge < -0.3 is 15.4 Å². The molecule has 0 amide bonds. The van der Waals surface area contributed by atoms with Crippen LogP contribution in [0.5, 0.6) is 5.75 Å². The number of hydrogen-bond acceptors (Lipinski definition) is 7. The number of ether oxygens (including phenoxy) is 1. The Balaban J connectivity index is 1.74. The van der Waals surface area contributed by atoms with E-state index in [0.29, 0.717) is 41.4 Å². The maximum atomic E-state index is 13.3. The van der Waals surface area contributed by atoms with E-state index in [4.69, 9.17) is 10.5 Å². The minimum absolute atomic E-state index is 0.0598. The van der Waals surface area contributed by atoms with Crippen molar-refractivity contribution in [2.24, 2.45) is 5.73 Å². The molecule has 0 spiro atoms. The normalized spacial score (nSPS) is 16.0. The highest BCUT2D eigenvalue weighted by molar-refractivity contribution is 5.96. The molecule has 1 saturated heterocycles. The third-order valence-electron chi connectivity index (χ3n) is 5.57. The predicted octanol–water partition coefficient (Wildman–Crippen LogP) is 1.44. The fourth-order valence-corrected chi connectivity index (χ4v) is 3.95. The Morgan fingerprint density at radius 1 is 1.38 bits per heavy atom. The third kappa shape index (κ3) is 4.22. The van der Waals surface area contributed by atoms with E-state index in [2.05, 4.69) is 26.8 Å². The van der Waals surface area contributed by atoms with Gasteiger partial charge >= 0.3 is 0 Å². The molecule has 1 aromatic carbocycles. The number of methoxy groups -OCH3 is 1. The number of ketones is 1. The topological polar surface area (TPSA) is 108 Å². The summed E-state index contributed by atoms with van der Waals surface area (Å²) in [4.78, 5) is 32.9. The van der Waals surface area contributed by atoms with Crippen LogP contribution in [-0.2, 0) is 13.1 Å². The van der Waals surface area contributed by atoms with Crippen molar-refractivity contribution in [3.63, 3.8) is 0 Å². The number of Topliss-reactive ketones (excluding diaryl/α,β-unsaturated/α-hetero) is 1. The first-order valence-electron chi connectivity index (χ1n) is 10.6. The number of piperidine rings is 1. The van der Waals surface area contributed by atoms with Gasteiger partial charge in [0.25, 0.3) is 5.56 Å². The first-order chi connectivity index (χ1) is 15.5. The van der Waals surface area contributed by atoms with Gasteiger partial charge in [0.15, 0.2) is 5.78 Å². The zero-order valence-corrected chi connectivity index (χ0v) is 18.2. The Morgan fingerprint density at radius 2 is 2.22 bits per heavy atom. The highest BCUT2D eigenvalue weighted by Gasteiger charge is 2.24. The Hall–Kier alpha value is -3.64. The molecule has 0 aliphatic carbocycles. The van der Waals surface area contributed by atoms with Gasteiger partial charge in [0.1, 0.15) is 23.3 Å². The summed E-state index contributed by atoms with van der Waals surface area (Å²) in [7, 11) is 1.54. The smallest absolute Gasteiger partial charge is 0.293 e. The molecular weight excluding hydrogens is 408 g/mol. The number of imidazole rings is 1. The molecule has 0 saturated carbocycles. The van der Waals surface area contributed by atoms with E-state index in [0.717, 1.165) is 19.4 Å². The summed E-state index contributed by atoms with van der Waals surface area (Å²) in [5.74, 6) is 6.90. The van der Waals surface area contributed by atoms with E-state index in [1.54, 1.807) is 35.8 Å². The van der Waals surface area contributed by atoms with Gasteiger partial charge in [-0.15, -0.1) is 5.92 Å². The first-order valence-corrected chi connectivity index (χ1v) is 10.6. The number of nitrogens with zero attached hydrogens (tertiary/aromatic N) is 5. The van der Waals surface area contributed by atoms with Crippen molar-refractivity contribution in [1.82, 2.24) is 19.3 Å². The van der Waals surface area contributed by atoms with Crippen molar-refractivity contribution in [3.05, 3.63) is 46.4 Å². The average Bonchev–Trinajstić information content (AvgIpc) is 3.18. The Kier molecular flexibility index (Phi) is 6.23. The number of rotatable bonds is 6. The van der Waals surface area contributed by atoms with Gasteiger partial charge in [0.05, 0.1) is 19.9 Å². The second-order valence-electron chi connectivity index (χ2n) is 7.77. The summed E-state index contributed by atoms with van der Waals surface area (Å²) in [6.45, 7) is 3.36. The molecule has 3 heterocycles.